The topological polar surface area (TPSA) is 127 Å². The minimum atomic E-state index is -3.78. The van der Waals surface area contributed by atoms with Crippen LogP contribution in [0.4, 0.5) is 0 Å². The van der Waals surface area contributed by atoms with Crippen LogP contribution in [0, 0.1) is 0 Å². The van der Waals surface area contributed by atoms with Gasteiger partial charge < -0.3 is 17.2 Å². The van der Waals surface area contributed by atoms with Gasteiger partial charge in [-0.15, -0.1) is 0 Å². The van der Waals surface area contributed by atoms with Crippen LogP contribution in [0.1, 0.15) is 6.42 Å². The van der Waals surface area contributed by atoms with Gasteiger partial charge in [0.05, 0.1) is 5.75 Å². The van der Waals surface area contributed by atoms with Gasteiger partial charge in [0.25, 0.3) is 10.1 Å². The Labute approximate surface area is 72.9 Å². The summed E-state index contributed by atoms with van der Waals surface area (Å²) in [5.74, 6) is -0.190. The molecule has 0 aliphatic carbocycles. The number of hydrogen-bond acceptors (Lipinski definition) is 5. The SMILES string of the molecule is N.NCCNCCCS(=O)(=O)O. The van der Waals surface area contributed by atoms with Crippen molar-refractivity contribution in [2.75, 3.05) is 25.4 Å². The van der Waals surface area contributed by atoms with Crippen LogP contribution in [-0.4, -0.2) is 38.4 Å². The van der Waals surface area contributed by atoms with E-state index in [0.717, 1.165) is 0 Å². The Bertz CT molecular complexity index is 180. The lowest BCUT2D eigenvalue weighted by atomic mass is 10.5. The van der Waals surface area contributed by atoms with E-state index in [0.29, 0.717) is 26.1 Å². The van der Waals surface area contributed by atoms with Crippen LogP contribution in [-0.2, 0) is 10.1 Å². The molecule has 0 aliphatic rings. The Morgan fingerprint density at radius 3 is 2.33 bits per heavy atom. The first-order chi connectivity index (χ1) is 5.06. The molecule has 76 valence electrons. The molecule has 0 aromatic carbocycles. The van der Waals surface area contributed by atoms with E-state index in [2.05, 4.69) is 5.32 Å². The minimum Gasteiger partial charge on any atom is -0.344 e. The quantitative estimate of drug-likeness (QED) is 0.320. The second-order valence-corrected chi connectivity index (χ2v) is 3.75. The van der Waals surface area contributed by atoms with Gasteiger partial charge in [-0.05, 0) is 13.0 Å². The van der Waals surface area contributed by atoms with Gasteiger partial charge in [-0.3, -0.25) is 4.55 Å². The molecule has 0 saturated heterocycles. The molecule has 0 bridgehead atoms. The second-order valence-electron chi connectivity index (χ2n) is 2.18. The number of rotatable bonds is 6. The van der Waals surface area contributed by atoms with Crippen molar-refractivity contribution in [3.05, 3.63) is 0 Å². The number of nitrogens with two attached hydrogens (primary N) is 1. The molecule has 0 rings (SSSR count). The number of nitrogens with one attached hydrogen (secondary N) is 1. The molecule has 0 aromatic rings. The zero-order chi connectivity index (χ0) is 8.74. The van der Waals surface area contributed by atoms with Gasteiger partial charge in [0.1, 0.15) is 0 Å². The second kappa shape index (κ2) is 7.44. The molecular weight excluding hydrogens is 182 g/mol. The highest BCUT2D eigenvalue weighted by molar-refractivity contribution is 7.85. The zero-order valence-electron chi connectivity index (χ0n) is 6.99. The molecule has 0 amide bonds. The van der Waals surface area contributed by atoms with Gasteiger partial charge >= 0.3 is 0 Å². The summed E-state index contributed by atoms with van der Waals surface area (Å²) in [7, 11) is -3.78. The average Bonchev–Trinajstić information content (AvgIpc) is 1.85. The molecule has 7 heteroatoms. The monoisotopic (exact) mass is 199 g/mol. The Morgan fingerprint density at radius 2 is 1.92 bits per heavy atom. The van der Waals surface area contributed by atoms with Crippen molar-refractivity contribution in [3.63, 3.8) is 0 Å². The lowest BCUT2D eigenvalue weighted by Crippen LogP contribution is -2.24. The van der Waals surface area contributed by atoms with Crippen molar-refractivity contribution in [1.82, 2.24) is 11.5 Å². The standard InChI is InChI=1S/C5H14N2O3S.H3N/c6-2-4-7-3-1-5-11(8,9)10;/h7H,1-6H2,(H,8,9,10);1H3. The molecule has 12 heavy (non-hydrogen) atoms. The van der Waals surface area contributed by atoms with E-state index >= 15 is 0 Å². The van der Waals surface area contributed by atoms with E-state index in [1.165, 1.54) is 0 Å². The molecule has 6 nitrogen and oxygen atoms in total. The molecule has 7 N–H and O–H groups in total. The van der Waals surface area contributed by atoms with Gasteiger partial charge in [-0.1, -0.05) is 0 Å². The van der Waals surface area contributed by atoms with Crippen molar-refractivity contribution in [2.45, 2.75) is 6.42 Å². The average molecular weight is 199 g/mol. The first kappa shape index (κ1) is 14.3. The van der Waals surface area contributed by atoms with Gasteiger partial charge in [0.2, 0.25) is 0 Å². The summed E-state index contributed by atoms with van der Waals surface area (Å²) in [6.07, 6.45) is 0.416. The predicted octanol–water partition coefficient (Wildman–Crippen LogP) is -1.03. The maximum Gasteiger partial charge on any atom is 0.264 e. The van der Waals surface area contributed by atoms with E-state index in [-0.39, 0.29) is 11.9 Å². The number of hydrogen-bond donors (Lipinski definition) is 4. The highest BCUT2D eigenvalue weighted by atomic mass is 32.2. The van der Waals surface area contributed by atoms with Crippen molar-refractivity contribution < 1.29 is 13.0 Å². The van der Waals surface area contributed by atoms with Crippen LogP contribution in [0.15, 0.2) is 0 Å². The summed E-state index contributed by atoms with van der Waals surface area (Å²) in [6.45, 7) is 1.77. The molecule has 0 aliphatic heterocycles. The molecule has 0 saturated carbocycles. The first-order valence-electron chi connectivity index (χ1n) is 3.42. The maximum atomic E-state index is 10.2. The third-order valence-electron chi connectivity index (χ3n) is 1.08. The molecule has 0 radical (unpaired) electrons. The van der Waals surface area contributed by atoms with Crippen LogP contribution in [0.25, 0.3) is 0 Å². The molecule has 0 atom stereocenters. The van der Waals surface area contributed by atoms with Gasteiger partial charge in [-0.2, -0.15) is 8.42 Å². The molecular formula is C5H17N3O3S. The Balaban J connectivity index is 0. The minimum absolute atomic E-state index is 0. The van der Waals surface area contributed by atoms with E-state index < -0.39 is 10.1 Å². The van der Waals surface area contributed by atoms with Crippen molar-refractivity contribution >= 4 is 10.1 Å². The van der Waals surface area contributed by atoms with Crippen molar-refractivity contribution in [2.24, 2.45) is 5.73 Å². The summed E-state index contributed by atoms with van der Waals surface area (Å²) >= 11 is 0. The highest BCUT2D eigenvalue weighted by Gasteiger charge is 2.01. The Morgan fingerprint density at radius 1 is 1.33 bits per heavy atom. The fraction of sp³-hybridized carbons (Fsp3) is 1.00. The van der Waals surface area contributed by atoms with Crippen LogP contribution < -0.4 is 17.2 Å². The van der Waals surface area contributed by atoms with Crippen LogP contribution >= 0.6 is 0 Å². The lowest BCUT2D eigenvalue weighted by Gasteiger charge is -2.00. The van der Waals surface area contributed by atoms with Gasteiger partial charge in [-0.25, -0.2) is 0 Å². The zero-order valence-corrected chi connectivity index (χ0v) is 7.81. The van der Waals surface area contributed by atoms with Crippen molar-refractivity contribution in [1.29, 1.82) is 0 Å². The van der Waals surface area contributed by atoms with E-state index in [1.54, 1.807) is 0 Å². The summed E-state index contributed by atoms with van der Waals surface area (Å²) in [4.78, 5) is 0. The van der Waals surface area contributed by atoms with Crippen molar-refractivity contribution in [3.8, 4) is 0 Å². The maximum absolute atomic E-state index is 10.2. The summed E-state index contributed by atoms with van der Waals surface area (Å²) < 4.78 is 28.6. The largest absolute Gasteiger partial charge is 0.344 e. The summed E-state index contributed by atoms with van der Waals surface area (Å²) in [5.41, 5.74) is 5.17. The molecule has 0 aromatic heterocycles. The molecule has 0 fully saturated rings. The molecule has 0 unspecified atom stereocenters. The van der Waals surface area contributed by atoms with Crippen LogP contribution in [0.2, 0.25) is 0 Å². The predicted molar refractivity (Wildman–Crippen MR) is 48.0 cm³/mol. The van der Waals surface area contributed by atoms with Crippen LogP contribution in [0.5, 0.6) is 0 Å². The summed E-state index contributed by atoms with van der Waals surface area (Å²) in [6, 6.07) is 0. The fourth-order valence-electron chi connectivity index (χ4n) is 0.607. The normalized spacial score (nSPS) is 10.8. The van der Waals surface area contributed by atoms with Gasteiger partial charge in [0, 0.05) is 13.1 Å². The fourth-order valence-corrected chi connectivity index (χ4v) is 1.12. The van der Waals surface area contributed by atoms with E-state index in [1.807, 2.05) is 0 Å². The third-order valence-corrected chi connectivity index (χ3v) is 1.88. The van der Waals surface area contributed by atoms with Crippen LogP contribution in [0.3, 0.4) is 0 Å². The Hall–Kier alpha value is -0.210. The molecule has 0 spiro atoms. The van der Waals surface area contributed by atoms with Gasteiger partial charge in [0.15, 0.2) is 0 Å². The van der Waals surface area contributed by atoms with E-state index in [9.17, 15) is 8.42 Å². The lowest BCUT2D eigenvalue weighted by molar-refractivity contribution is 0.480. The first-order valence-corrected chi connectivity index (χ1v) is 5.03. The summed E-state index contributed by atoms with van der Waals surface area (Å²) in [5, 5.41) is 2.91. The highest BCUT2D eigenvalue weighted by Crippen LogP contribution is 1.85. The smallest absolute Gasteiger partial charge is 0.264 e. The Kier molecular flexibility index (Phi) is 8.88. The third kappa shape index (κ3) is 12.5. The van der Waals surface area contributed by atoms with E-state index in [4.69, 9.17) is 10.3 Å². The molecule has 0 heterocycles.